The molecule has 0 radical (unpaired) electrons. The molecule has 0 bridgehead atoms. The normalized spacial score (nSPS) is 13.8. The van der Waals surface area contributed by atoms with Crippen LogP contribution < -0.4 is 11.1 Å². The molecular formula is C16H27N3O5. The van der Waals surface area contributed by atoms with Gasteiger partial charge in [0.1, 0.15) is 0 Å². The first-order valence-electron chi connectivity index (χ1n) is 8.31. The van der Waals surface area contributed by atoms with Gasteiger partial charge in [0.25, 0.3) is 11.8 Å². The fourth-order valence-corrected chi connectivity index (χ4v) is 2.14. The smallest absolute Gasteiger partial charge is 0.253 e. The maximum Gasteiger partial charge on any atom is 0.253 e. The number of nitrogens with one attached hydrogen (secondary N) is 1. The zero-order valence-corrected chi connectivity index (χ0v) is 14.0. The van der Waals surface area contributed by atoms with E-state index in [0.29, 0.717) is 58.9 Å². The van der Waals surface area contributed by atoms with Crippen molar-refractivity contribution in [2.75, 3.05) is 46.1 Å². The minimum atomic E-state index is -0.258. The molecular weight excluding hydrogens is 314 g/mol. The summed E-state index contributed by atoms with van der Waals surface area (Å²) >= 11 is 0. The molecule has 1 heterocycles. The fraction of sp³-hybridized carbons (Fsp3) is 0.688. The van der Waals surface area contributed by atoms with Crippen LogP contribution in [0.3, 0.4) is 0 Å². The highest BCUT2D eigenvalue weighted by atomic mass is 16.5. The van der Waals surface area contributed by atoms with Crippen LogP contribution in [0.15, 0.2) is 12.2 Å². The highest BCUT2D eigenvalue weighted by Crippen LogP contribution is 2.07. The summed E-state index contributed by atoms with van der Waals surface area (Å²) in [6, 6.07) is 0. The van der Waals surface area contributed by atoms with Gasteiger partial charge in [-0.1, -0.05) is 6.42 Å². The minimum Gasteiger partial charge on any atom is -0.378 e. The summed E-state index contributed by atoms with van der Waals surface area (Å²) in [6.07, 6.45) is 5.21. The van der Waals surface area contributed by atoms with Crippen molar-refractivity contribution < 1.29 is 23.9 Å². The van der Waals surface area contributed by atoms with Gasteiger partial charge in [0.05, 0.1) is 26.4 Å². The Labute approximate surface area is 142 Å². The van der Waals surface area contributed by atoms with E-state index >= 15 is 0 Å². The second kappa shape index (κ2) is 12.6. The predicted molar refractivity (Wildman–Crippen MR) is 88.0 cm³/mol. The first kappa shape index (κ1) is 20.3. The summed E-state index contributed by atoms with van der Waals surface area (Å²) in [5.74, 6) is -0.537. The molecule has 1 rings (SSSR count). The van der Waals surface area contributed by atoms with Crippen molar-refractivity contribution in [3.8, 4) is 0 Å². The molecule has 8 heteroatoms. The monoisotopic (exact) mass is 341 g/mol. The largest absolute Gasteiger partial charge is 0.378 e. The summed E-state index contributed by atoms with van der Waals surface area (Å²) in [7, 11) is 0. The van der Waals surface area contributed by atoms with E-state index in [1.54, 1.807) is 0 Å². The lowest BCUT2D eigenvalue weighted by Crippen LogP contribution is -2.31. The molecule has 0 atom stereocenters. The van der Waals surface area contributed by atoms with Gasteiger partial charge in [0.15, 0.2) is 0 Å². The van der Waals surface area contributed by atoms with E-state index in [4.69, 9.17) is 15.2 Å². The van der Waals surface area contributed by atoms with Crippen molar-refractivity contribution in [1.29, 1.82) is 0 Å². The van der Waals surface area contributed by atoms with Crippen LogP contribution in [0.1, 0.15) is 25.7 Å². The molecule has 0 saturated carbocycles. The number of hydrogen-bond acceptors (Lipinski definition) is 6. The average molecular weight is 341 g/mol. The van der Waals surface area contributed by atoms with Crippen LogP contribution in [-0.2, 0) is 23.9 Å². The van der Waals surface area contributed by atoms with Crippen molar-refractivity contribution >= 4 is 17.7 Å². The first-order chi connectivity index (χ1) is 11.6. The summed E-state index contributed by atoms with van der Waals surface area (Å²) in [6.45, 7) is 3.34. The number of amides is 3. The van der Waals surface area contributed by atoms with Gasteiger partial charge in [-0.05, 0) is 12.8 Å². The fourth-order valence-electron chi connectivity index (χ4n) is 2.14. The topological polar surface area (TPSA) is 111 Å². The second-order valence-corrected chi connectivity index (χ2v) is 5.34. The van der Waals surface area contributed by atoms with Gasteiger partial charge in [0.2, 0.25) is 5.91 Å². The SMILES string of the molecule is NCCOCCOCCNC(=O)CCCCCN1C(=O)C=CC1=O. The van der Waals surface area contributed by atoms with Gasteiger partial charge in [-0.3, -0.25) is 19.3 Å². The molecule has 1 aliphatic rings. The van der Waals surface area contributed by atoms with E-state index in [1.807, 2.05) is 0 Å². The lowest BCUT2D eigenvalue weighted by atomic mass is 10.2. The quantitative estimate of drug-likeness (QED) is 0.328. The highest BCUT2D eigenvalue weighted by molar-refractivity contribution is 6.12. The minimum absolute atomic E-state index is 0.0204. The molecule has 136 valence electrons. The van der Waals surface area contributed by atoms with Gasteiger partial charge < -0.3 is 20.5 Å². The van der Waals surface area contributed by atoms with Crippen molar-refractivity contribution in [1.82, 2.24) is 10.2 Å². The highest BCUT2D eigenvalue weighted by Gasteiger charge is 2.22. The van der Waals surface area contributed by atoms with Gasteiger partial charge in [-0.15, -0.1) is 0 Å². The summed E-state index contributed by atoms with van der Waals surface area (Å²) in [4.78, 5) is 35.5. The molecule has 0 aliphatic carbocycles. The number of ether oxygens (including phenoxy) is 2. The number of unbranched alkanes of at least 4 members (excludes halogenated alkanes) is 2. The third-order valence-corrected chi connectivity index (χ3v) is 3.39. The Kier molecular flexibility index (Phi) is 10.7. The van der Waals surface area contributed by atoms with Crippen LogP contribution in [0.2, 0.25) is 0 Å². The van der Waals surface area contributed by atoms with Gasteiger partial charge in [0, 0.05) is 38.2 Å². The van der Waals surface area contributed by atoms with Crippen molar-refractivity contribution in [2.24, 2.45) is 5.73 Å². The van der Waals surface area contributed by atoms with E-state index < -0.39 is 0 Å². The molecule has 0 fully saturated rings. The third kappa shape index (κ3) is 8.76. The van der Waals surface area contributed by atoms with Gasteiger partial charge in [-0.25, -0.2) is 0 Å². The maximum atomic E-state index is 11.6. The average Bonchev–Trinajstić information content (AvgIpc) is 2.88. The van der Waals surface area contributed by atoms with Crippen LogP contribution in [-0.4, -0.2) is 68.7 Å². The number of rotatable bonds is 14. The third-order valence-electron chi connectivity index (χ3n) is 3.39. The molecule has 0 aromatic carbocycles. The summed E-state index contributed by atoms with van der Waals surface area (Å²) in [5.41, 5.74) is 5.28. The second-order valence-electron chi connectivity index (χ2n) is 5.34. The van der Waals surface area contributed by atoms with Crippen molar-refractivity contribution in [3.63, 3.8) is 0 Å². The standard InChI is InChI=1S/C16H27N3O5/c17-7-10-23-12-13-24-11-8-18-14(20)4-2-1-3-9-19-15(21)5-6-16(19)22/h5-6H,1-4,7-13,17H2,(H,18,20). The molecule has 0 unspecified atom stereocenters. The van der Waals surface area contributed by atoms with Crippen LogP contribution in [0.4, 0.5) is 0 Å². The summed E-state index contributed by atoms with van der Waals surface area (Å²) in [5, 5.41) is 2.78. The Hall–Kier alpha value is -1.77. The molecule has 0 spiro atoms. The van der Waals surface area contributed by atoms with Gasteiger partial charge >= 0.3 is 0 Å². The zero-order chi connectivity index (χ0) is 17.6. The van der Waals surface area contributed by atoms with Gasteiger partial charge in [-0.2, -0.15) is 0 Å². The van der Waals surface area contributed by atoms with Crippen LogP contribution in [0.5, 0.6) is 0 Å². The molecule has 3 amide bonds. The molecule has 0 aromatic rings. The Morgan fingerprint density at radius 1 is 1.00 bits per heavy atom. The van der Waals surface area contributed by atoms with E-state index in [1.165, 1.54) is 17.1 Å². The number of carbonyl (C=O) groups excluding carboxylic acids is 3. The Balaban J connectivity index is 1.88. The van der Waals surface area contributed by atoms with Crippen LogP contribution in [0, 0.1) is 0 Å². The van der Waals surface area contributed by atoms with Crippen LogP contribution >= 0.6 is 0 Å². The van der Waals surface area contributed by atoms with E-state index in [-0.39, 0.29) is 17.7 Å². The first-order valence-corrected chi connectivity index (χ1v) is 8.31. The molecule has 3 N–H and O–H groups in total. The number of imide groups is 1. The molecule has 8 nitrogen and oxygen atoms in total. The number of hydrogen-bond donors (Lipinski definition) is 2. The number of nitrogens with two attached hydrogens (primary N) is 1. The lowest BCUT2D eigenvalue weighted by molar-refractivity contribution is -0.136. The van der Waals surface area contributed by atoms with Crippen LogP contribution in [0.25, 0.3) is 0 Å². The zero-order valence-electron chi connectivity index (χ0n) is 14.0. The molecule has 0 saturated heterocycles. The summed E-state index contributed by atoms with van der Waals surface area (Å²) < 4.78 is 10.4. The lowest BCUT2D eigenvalue weighted by Gasteiger charge is -2.13. The Morgan fingerprint density at radius 3 is 2.33 bits per heavy atom. The number of carbonyl (C=O) groups is 3. The van der Waals surface area contributed by atoms with E-state index in [9.17, 15) is 14.4 Å². The predicted octanol–water partition coefficient (Wildman–Crippen LogP) is -0.420. The molecule has 0 aromatic heterocycles. The Morgan fingerprint density at radius 2 is 1.67 bits per heavy atom. The van der Waals surface area contributed by atoms with E-state index in [2.05, 4.69) is 5.32 Å². The maximum absolute atomic E-state index is 11.6. The molecule has 1 aliphatic heterocycles. The van der Waals surface area contributed by atoms with E-state index in [0.717, 1.165) is 12.8 Å². The Bertz CT molecular complexity index is 421. The van der Waals surface area contributed by atoms with Crippen molar-refractivity contribution in [3.05, 3.63) is 12.2 Å². The van der Waals surface area contributed by atoms with Crippen molar-refractivity contribution in [2.45, 2.75) is 25.7 Å². The number of nitrogens with zero attached hydrogens (tertiary/aromatic N) is 1. The molecule has 24 heavy (non-hydrogen) atoms.